The van der Waals surface area contributed by atoms with Crippen LogP contribution in [-0.4, -0.2) is 54.1 Å². The van der Waals surface area contributed by atoms with Crippen LogP contribution in [0.2, 0.25) is 0 Å². The van der Waals surface area contributed by atoms with Gasteiger partial charge >= 0.3 is 6.03 Å². The second kappa shape index (κ2) is 5.54. The fraction of sp³-hybridized carbons (Fsp3) is 0.526. The molecular weight excluding hydrogens is 334 g/mol. The van der Waals surface area contributed by atoms with E-state index in [0.29, 0.717) is 13.2 Å². The number of benzene rings is 1. The number of urea groups is 1. The summed E-state index contributed by atoms with van der Waals surface area (Å²) < 4.78 is 5.65. The number of ether oxygens (including phenoxy) is 1. The van der Waals surface area contributed by atoms with Gasteiger partial charge in [0.15, 0.2) is 5.41 Å². The van der Waals surface area contributed by atoms with Crippen LogP contribution in [0.1, 0.15) is 26.3 Å². The molecule has 3 aliphatic heterocycles. The summed E-state index contributed by atoms with van der Waals surface area (Å²) in [6, 6.07) is 6.74. The fourth-order valence-electron chi connectivity index (χ4n) is 4.37. The maximum absolute atomic E-state index is 13.6. The zero-order valence-electron chi connectivity index (χ0n) is 15.2. The minimum atomic E-state index is -1.37. The monoisotopic (exact) mass is 357 g/mol. The smallest absolute Gasteiger partial charge is 0.331 e. The van der Waals surface area contributed by atoms with Crippen LogP contribution in [0.5, 0.6) is 0 Å². The predicted molar refractivity (Wildman–Crippen MR) is 94.7 cm³/mol. The number of anilines is 1. The number of barbiturate groups is 1. The van der Waals surface area contributed by atoms with Crippen molar-refractivity contribution in [1.82, 2.24) is 10.2 Å². The molecule has 2 saturated heterocycles. The number of imide groups is 2. The summed E-state index contributed by atoms with van der Waals surface area (Å²) in [5.74, 6) is -0.961. The van der Waals surface area contributed by atoms with E-state index >= 15 is 0 Å². The summed E-state index contributed by atoms with van der Waals surface area (Å²) in [4.78, 5) is 42.4. The van der Waals surface area contributed by atoms with Crippen molar-refractivity contribution >= 4 is 23.5 Å². The van der Waals surface area contributed by atoms with Gasteiger partial charge in [0.05, 0.1) is 19.3 Å². The van der Waals surface area contributed by atoms with Crippen LogP contribution in [0.25, 0.3) is 0 Å². The lowest BCUT2D eigenvalue weighted by atomic mass is 9.68. The molecule has 26 heavy (non-hydrogen) atoms. The Balaban J connectivity index is 1.89. The molecule has 0 aromatic heterocycles. The Labute approximate surface area is 152 Å². The third-order valence-corrected chi connectivity index (χ3v) is 5.55. The summed E-state index contributed by atoms with van der Waals surface area (Å²) in [6.07, 6.45) is 0.262. The molecule has 4 rings (SSSR count). The minimum Gasteiger partial charge on any atom is -0.377 e. The molecule has 3 aliphatic rings. The lowest BCUT2D eigenvalue weighted by molar-refractivity contribution is -0.159. The van der Waals surface area contributed by atoms with Gasteiger partial charge in [0, 0.05) is 17.8 Å². The molecule has 0 unspecified atom stereocenters. The molecule has 4 amide bonds. The van der Waals surface area contributed by atoms with Crippen molar-refractivity contribution in [1.29, 1.82) is 0 Å². The standard InChI is InChI=1S/C19H23N3O4/c1-18(2,3)22-16(24)19(15(23)20-17(22)25)10-12-6-4-5-7-13(12)21-8-9-26-11-14(19)21/h4-7,14H,8-11H2,1-3H3,(H,20,23,25)/t14-,19+/m1/s1. The first-order valence-corrected chi connectivity index (χ1v) is 8.89. The Bertz CT molecular complexity index is 800. The van der Waals surface area contributed by atoms with Crippen LogP contribution in [0, 0.1) is 5.41 Å². The van der Waals surface area contributed by atoms with Gasteiger partial charge in [0.1, 0.15) is 0 Å². The van der Waals surface area contributed by atoms with Crippen molar-refractivity contribution in [3.05, 3.63) is 29.8 Å². The van der Waals surface area contributed by atoms with E-state index in [0.717, 1.165) is 11.3 Å². The first-order chi connectivity index (χ1) is 12.3. The van der Waals surface area contributed by atoms with Crippen LogP contribution in [0.15, 0.2) is 24.3 Å². The molecule has 2 atom stereocenters. The van der Waals surface area contributed by atoms with Gasteiger partial charge in [0.2, 0.25) is 11.8 Å². The predicted octanol–water partition coefficient (Wildman–Crippen LogP) is 1.31. The number of carbonyl (C=O) groups is 3. The van der Waals surface area contributed by atoms with Crippen molar-refractivity contribution in [2.45, 2.75) is 38.8 Å². The average molecular weight is 357 g/mol. The highest BCUT2D eigenvalue weighted by Crippen LogP contribution is 2.46. The summed E-state index contributed by atoms with van der Waals surface area (Å²) in [7, 11) is 0. The Morgan fingerprint density at radius 2 is 1.92 bits per heavy atom. The molecule has 1 aromatic carbocycles. The zero-order chi connectivity index (χ0) is 18.7. The molecule has 7 heteroatoms. The van der Waals surface area contributed by atoms with Crippen LogP contribution in [0.4, 0.5) is 10.5 Å². The highest BCUT2D eigenvalue weighted by atomic mass is 16.5. The maximum atomic E-state index is 13.6. The first-order valence-electron chi connectivity index (χ1n) is 8.89. The number of carbonyl (C=O) groups excluding carboxylic acids is 3. The van der Waals surface area contributed by atoms with Crippen LogP contribution < -0.4 is 10.2 Å². The van der Waals surface area contributed by atoms with Gasteiger partial charge < -0.3 is 9.64 Å². The first kappa shape index (κ1) is 17.0. The number of fused-ring (bicyclic) bond motifs is 4. The Kier molecular flexibility index (Phi) is 3.63. The van der Waals surface area contributed by atoms with Crippen LogP contribution in [0.3, 0.4) is 0 Å². The molecule has 1 N–H and O–H groups in total. The SMILES string of the molecule is CC(C)(C)N1C(=O)NC(=O)[C@@]2(Cc3ccccc3N3CCOC[C@@H]32)C1=O. The number of nitrogens with one attached hydrogen (secondary N) is 1. The lowest BCUT2D eigenvalue weighted by Gasteiger charge is -2.54. The van der Waals surface area contributed by atoms with Gasteiger partial charge in [-0.2, -0.15) is 0 Å². The molecule has 0 saturated carbocycles. The van der Waals surface area contributed by atoms with Crippen LogP contribution in [-0.2, 0) is 20.7 Å². The van der Waals surface area contributed by atoms with E-state index in [-0.39, 0.29) is 13.0 Å². The summed E-state index contributed by atoms with van der Waals surface area (Å²) in [5.41, 5.74) is -0.120. The van der Waals surface area contributed by atoms with Gasteiger partial charge in [-0.3, -0.25) is 19.8 Å². The van der Waals surface area contributed by atoms with E-state index in [1.807, 2.05) is 24.3 Å². The third-order valence-electron chi connectivity index (χ3n) is 5.55. The van der Waals surface area contributed by atoms with Crippen molar-refractivity contribution in [2.75, 3.05) is 24.7 Å². The molecule has 0 aliphatic carbocycles. The second-order valence-corrected chi connectivity index (χ2v) is 8.13. The molecule has 138 valence electrons. The summed E-state index contributed by atoms with van der Waals surface area (Å²) >= 11 is 0. The van der Waals surface area contributed by atoms with E-state index < -0.39 is 34.8 Å². The van der Waals surface area contributed by atoms with Gasteiger partial charge in [-0.1, -0.05) is 18.2 Å². The van der Waals surface area contributed by atoms with Crippen molar-refractivity contribution in [3.63, 3.8) is 0 Å². The number of rotatable bonds is 0. The summed E-state index contributed by atoms with van der Waals surface area (Å²) in [6.45, 7) is 6.80. The van der Waals surface area contributed by atoms with Gasteiger partial charge in [0.25, 0.3) is 0 Å². The molecule has 2 fully saturated rings. The average Bonchev–Trinajstić information content (AvgIpc) is 2.58. The number of nitrogens with zero attached hydrogens (tertiary/aromatic N) is 2. The minimum absolute atomic E-state index is 0.262. The van der Waals surface area contributed by atoms with Crippen molar-refractivity contribution < 1.29 is 19.1 Å². The van der Waals surface area contributed by atoms with E-state index in [1.165, 1.54) is 4.90 Å². The molecule has 3 heterocycles. The van der Waals surface area contributed by atoms with Crippen molar-refractivity contribution in [3.8, 4) is 0 Å². The quantitative estimate of drug-likeness (QED) is 0.709. The van der Waals surface area contributed by atoms with E-state index in [2.05, 4.69) is 10.2 Å². The van der Waals surface area contributed by atoms with Crippen molar-refractivity contribution in [2.24, 2.45) is 5.41 Å². The largest absolute Gasteiger partial charge is 0.377 e. The third kappa shape index (κ3) is 2.19. The lowest BCUT2D eigenvalue weighted by Crippen LogP contribution is -2.75. The Morgan fingerprint density at radius 1 is 1.19 bits per heavy atom. The van der Waals surface area contributed by atoms with Gasteiger partial charge in [-0.15, -0.1) is 0 Å². The van der Waals surface area contributed by atoms with E-state index in [4.69, 9.17) is 4.74 Å². The maximum Gasteiger partial charge on any atom is 0.331 e. The molecule has 0 bridgehead atoms. The van der Waals surface area contributed by atoms with E-state index in [1.54, 1.807) is 20.8 Å². The number of para-hydroxylation sites is 1. The summed E-state index contributed by atoms with van der Waals surface area (Å²) in [5, 5.41) is 2.44. The number of amides is 4. The van der Waals surface area contributed by atoms with E-state index in [9.17, 15) is 14.4 Å². The van der Waals surface area contributed by atoms with Gasteiger partial charge in [-0.25, -0.2) is 4.79 Å². The molecule has 1 aromatic rings. The fourth-order valence-corrected chi connectivity index (χ4v) is 4.37. The molecule has 0 radical (unpaired) electrons. The van der Waals surface area contributed by atoms with Crippen LogP contribution >= 0.6 is 0 Å². The highest BCUT2D eigenvalue weighted by Gasteiger charge is 2.63. The molecular formula is C19H23N3O4. The molecule has 1 spiro atoms. The Morgan fingerprint density at radius 3 is 2.65 bits per heavy atom. The Hall–Kier alpha value is -2.41. The highest BCUT2D eigenvalue weighted by molar-refractivity contribution is 6.20. The number of hydrogen-bond donors (Lipinski definition) is 1. The second-order valence-electron chi connectivity index (χ2n) is 8.13. The number of hydrogen-bond acceptors (Lipinski definition) is 5. The van der Waals surface area contributed by atoms with Gasteiger partial charge in [-0.05, 0) is 38.8 Å². The normalized spacial score (nSPS) is 28.7. The molecule has 7 nitrogen and oxygen atoms in total. The number of morpholine rings is 1. The topological polar surface area (TPSA) is 79.0 Å². The zero-order valence-corrected chi connectivity index (χ0v) is 15.2.